The Morgan fingerprint density at radius 1 is 1.39 bits per heavy atom. The lowest BCUT2D eigenvalue weighted by atomic mass is 9.95. The second-order valence-electron chi connectivity index (χ2n) is 5.51. The second kappa shape index (κ2) is 3.48. The Labute approximate surface area is 106 Å². The van der Waals surface area contributed by atoms with E-state index in [0.29, 0.717) is 24.2 Å². The number of nitrogen functional groups attached to an aromatic ring is 1. The van der Waals surface area contributed by atoms with E-state index in [2.05, 4.69) is 28.6 Å². The smallest absolute Gasteiger partial charge is 0.201 e. The molecule has 3 atom stereocenters. The van der Waals surface area contributed by atoms with Crippen molar-refractivity contribution in [2.45, 2.75) is 44.4 Å². The maximum Gasteiger partial charge on any atom is 0.201 e. The molecule has 0 radical (unpaired) electrons. The van der Waals surface area contributed by atoms with Crippen molar-refractivity contribution in [3.05, 3.63) is 23.8 Å². The summed E-state index contributed by atoms with van der Waals surface area (Å²) in [5.41, 5.74) is 9.49. The monoisotopic (exact) mass is 243 g/mol. The summed E-state index contributed by atoms with van der Waals surface area (Å²) < 4.78 is 8.13. The zero-order valence-electron chi connectivity index (χ0n) is 10.5. The van der Waals surface area contributed by atoms with Crippen LogP contribution in [0.4, 0.5) is 5.95 Å². The van der Waals surface area contributed by atoms with Crippen molar-refractivity contribution in [3.63, 3.8) is 0 Å². The first-order valence-corrected chi connectivity index (χ1v) is 6.62. The first-order valence-electron chi connectivity index (χ1n) is 6.62. The summed E-state index contributed by atoms with van der Waals surface area (Å²) >= 11 is 0. The Kier molecular flexibility index (Phi) is 2.01. The third-order valence-corrected chi connectivity index (χ3v) is 4.28. The Morgan fingerprint density at radius 3 is 3.00 bits per heavy atom. The molecule has 4 nitrogen and oxygen atoms in total. The average Bonchev–Trinajstić information content (AvgIpc) is 3.01. The molecular weight excluding hydrogens is 226 g/mol. The summed E-state index contributed by atoms with van der Waals surface area (Å²) in [6.07, 6.45) is 4.19. The number of benzene rings is 1. The van der Waals surface area contributed by atoms with E-state index in [4.69, 9.17) is 10.5 Å². The van der Waals surface area contributed by atoms with Crippen LogP contribution in [0.1, 0.15) is 30.9 Å². The summed E-state index contributed by atoms with van der Waals surface area (Å²) in [6.45, 7) is 2.10. The number of nitrogens with zero attached hydrogens (tertiary/aromatic N) is 2. The number of fused-ring (bicyclic) bond motifs is 3. The Hall–Kier alpha value is -1.55. The predicted molar refractivity (Wildman–Crippen MR) is 70.4 cm³/mol. The Bertz CT molecular complexity index is 619. The summed E-state index contributed by atoms with van der Waals surface area (Å²) in [5.74, 6) is 0.622. The molecule has 2 bridgehead atoms. The molecule has 2 aromatic rings. The number of aryl methyl sites for hydroxylation is 1. The molecule has 3 unspecified atom stereocenters. The SMILES string of the molecule is Cc1ccc2nc(N)n(C3CC4CCC3O4)c2c1. The van der Waals surface area contributed by atoms with Crippen LogP contribution in [0.3, 0.4) is 0 Å². The minimum Gasteiger partial charge on any atom is -0.373 e. The highest BCUT2D eigenvalue weighted by molar-refractivity contribution is 5.79. The highest BCUT2D eigenvalue weighted by Gasteiger charge is 2.42. The molecule has 2 N–H and O–H groups in total. The van der Waals surface area contributed by atoms with Gasteiger partial charge in [-0.05, 0) is 43.9 Å². The molecule has 2 fully saturated rings. The van der Waals surface area contributed by atoms with E-state index in [1.54, 1.807) is 0 Å². The number of hydrogen-bond acceptors (Lipinski definition) is 3. The summed E-state index contributed by atoms with van der Waals surface area (Å²) in [7, 11) is 0. The van der Waals surface area contributed by atoms with Crippen LogP contribution in [0.15, 0.2) is 18.2 Å². The third-order valence-electron chi connectivity index (χ3n) is 4.28. The number of imidazole rings is 1. The van der Waals surface area contributed by atoms with Gasteiger partial charge in [-0.25, -0.2) is 4.98 Å². The van der Waals surface area contributed by atoms with Crippen molar-refractivity contribution < 1.29 is 4.74 Å². The Balaban J connectivity index is 1.88. The van der Waals surface area contributed by atoms with E-state index in [9.17, 15) is 0 Å². The topological polar surface area (TPSA) is 53.1 Å². The van der Waals surface area contributed by atoms with E-state index >= 15 is 0 Å². The molecule has 0 spiro atoms. The highest BCUT2D eigenvalue weighted by atomic mass is 16.5. The number of rotatable bonds is 1. The van der Waals surface area contributed by atoms with Gasteiger partial charge in [0.25, 0.3) is 0 Å². The van der Waals surface area contributed by atoms with Gasteiger partial charge in [0.1, 0.15) is 0 Å². The number of anilines is 1. The lowest BCUT2D eigenvalue weighted by Gasteiger charge is -2.22. The van der Waals surface area contributed by atoms with Crippen LogP contribution < -0.4 is 5.73 Å². The molecule has 1 aromatic heterocycles. The molecule has 18 heavy (non-hydrogen) atoms. The van der Waals surface area contributed by atoms with Crippen LogP contribution in [-0.4, -0.2) is 21.8 Å². The number of ether oxygens (including phenoxy) is 1. The molecular formula is C14H17N3O. The van der Waals surface area contributed by atoms with Crippen LogP contribution in [0.2, 0.25) is 0 Å². The fourth-order valence-electron chi connectivity index (χ4n) is 3.45. The molecule has 4 heteroatoms. The summed E-state index contributed by atoms with van der Waals surface area (Å²) in [6, 6.07) is 6.67. The minimum atomic E-state index is 0.329. The molecule has 4 rings (SSSR count). The molecule has 94 valence electrons. The Morgan fingerprint density at radius 2 is 2.28 bits per heavy atom. The van der Waals surface area contributed by atoms with Crippen LogP contribution in [0.5, 0.6) is 0 Å². The van der Waals surface area contributed by atoms with Gasteiger partial charge in [0.15, 0.2) is 0 Å². The van der Waals surface area contributed by atoms with Crippen LogP contribution in [0, 0.1) is 6.92 Å². The van der Waals surface area contributed by atoms with Crippen molar-refractivity contribution in [2.75, 3.05) is 5.73 Å². The van der Waals surface area contributed by atoms with Gasteiger partial charge in [-0.3, -0.25) is 0 Å². The molecule has 0 saturated carbocycles. The first kappa shape index (κ1) is 10.4. The zero-order chi connectivity index (χ0) is 12.3. The van der Waals surface area contributed by atoms with Crippen molar-refractivity contribution in [3.8, 4) is 0 Å². The van der Waals surface area contributed by atoms with Gasteiger partial charge in [0, 0.05) is 0 Å². The van der Waals surface area contributed by atoms with Gasteiger partial charge in [-0.1, -0.05) is 6.07 Å². The maximum atomic E-state index is 6.11. The first-order chi connectivity index (χ1) is 8.72. The van der Waals surface area contributed by atoms with Gasteiger partial charge < -0.3 is 15.0 Å². The fraction of sp³-hybridized carbons (Fsp3) is 0.500. The molecule has 2 saturated heterocycles. The van der Waals surface area contributed by atoms with E-state index < -0.39 is 0 Å². The van der Waals surface area contributed by atoms with Crippen molar-refractivity contribution >= 4 is 17.0 Å². The minimum absolute atomic E-state index is 0.329. The molecule has 3 heterocycles. The summed E-state index contributed by atoms with van der Waals surface area (Å²) in [5, 5.41) is 0. The molecule has 2 aliphatic heterocycles. The quantitative estimate of drug-likeness (QED) is 0.836. The van der Waals surface area contributed by atoms with Crippen LogP contribution in [-0.2, 0) is 4.74 Å². The second-order valence-corrected chi connectivity index (χ2v) is 5.51. The number of hydrogen-bond donors (Lipinski definition) is 1. The van der Waals surface area contributed by atoms with Gasteiger partial charge >= 0.3 is 0 Å². The summed E-state index contributed by atoms with van der Waals surface area (Å²) in [4.78, 5) is 4.47. The van der Waals surface area contributed by atoms with Crippen molar-refractivity contribution in [1.29, 1.82) is 0 Å². The molecule has 0 aliphatic carbocycles. The van der Waals surface area contributed by atoms with Gasteiger partial charge in [0.05, 0.1) is 29.3 Å². The average molecular weight is 243 g/mol. The highest BCUT2D eigenvalue weighted by Crippen LogP contribution is 2.43. The number of nitrogens with two attached hydrogens (primary N) is 1. The van der Waals surface area contributed by atoms with Gasteiger partial charge in [-0.2, -0.15) is 0 Å². The van der Waals surface area contributed by atoms with E-state index in [1.165, 1.54) is 12.0 Å². The molecule has 1 aromatic carbocycles. The molecule has 0 amide bonds. The maximum absolute atomic E-state index is 6.11. The number of aromatic nitrogens is 2. The van der Waals surface area contributed by atoms with Gasteiger partial charge in [-0.15, -0.1) is 0 Å². The zero-order valence-corrected chi connectivity index (χ0v) is 10.5. The van der Waals surface area contributed by atoms with Crippen LogP contribution in [0.25, 0.3) is 11.0 Å². The van der Waals surface area contributed by atoms with Gasteiger partial charge in [0.2, 0.25) is 5.95 Å². The standard InChI is InChI=1S/C14H17N3O/c1-8-2-4-10-11(6-8)17(14(15)16-10)12-7-9-3-5-13(12)18-9/h2,4,6,9,12-13H,3,5,7H2,1H3,(H2,15,16). The van der Waals surface area contributed by atoms with Crippen molar-refractivity contribution in [1.82, 2.24) is 9.55 Å². The molecule has 2 aliphatic rings. The van der Waals surface area contributed by atoms with E-state index in [0.717, 1.165) is 23.9 Å². The van der Waals surface area contributed by atoms with Crippen molar-refractivity contribution in [2.24, 2.45) is 0 Å². The lowest BCUT2D eigenvalue weighted by molar-refractivity contribution is 0.0945. The fourth-order valence-corrected chi connectivity index (χ4v) is 3.45. The van der Waals surface area contributed by atoms with E-state index in [1.807, 2.05) is 6.07 Å². The van der Waals surface area contributed by atoms with E-state index in [-0.39, 0.29) is 0 Å². The predicted octanol–water partition coefficient (Wildman–Crippen LogP) is 2.42. The van der Waals surface area contributed by atoms with Crippen LogP contribution >= 0.6 is 0 Å². The normalized spacial score (nSPS) is 30.4. The third kappa shape index (κ3) is 1.32. The largest absolute Gasteiger partial charge is 0.373 e. The lowest BCUT2D eigenvalue weighted by Crippen LogP contribution is -2.22.